The Labute approximate surface area is 335 Å². The van der Waals surface area contributed by atoms with Crippen molar-refractivity contribution in [3.8, 4) is 0 Å². The maximum Gasteiger partial charge on any atom is 0.166 e. The van der Waals surface area contributed by atoms with Crippen LogP contribution in [-0.2, 0) is 42.6 Å². The Balaban J connectivity index is 0.000000230. The number of hydrogen-bond donors (Lipinski definition) is 2. The summed E-state index contributed by atoms with van der Waals surface area (Å²) >= 11 is 0. The molecule has 0 radical (unpaired) electrons. The summed E-state index contributed by atoms with van der Waals surface area (Å²) in [5.74, 6) is -1.80. The first-order valence-corrected chi connectivity index (χ1v) is 22.5. The van der Waals surface area contributed by atoms with Crippen LogP contribution in [0.3, 0.4) is 0 Å². The predicted octanol–water partition coefficient (Wildman–Crippen LogP) is 9.12. The standard InChI is InChI=1S/C20H38O4.C12H24O4.C12H22O3/c1-5-7-9-11-13-19(3)21-15-17(23-19)18-16-22-20(4,24-18)14-12-10-8-6-2;1-3-4-5-6-7-12(2)15-9-11(16-12)10(14)8-13;1-3-4-5-6-7-12(2)14-10-8-13-9-11(10)15-12/h17-18H,5-16H2,1-4H3;10-11,13-14H,3-9H2,1-2H3;10-11H,3-9H2,1-2H3. The van der Waals surface area contributed by atoms with Crippen LogP contribution in [0, 0.1) is 0 Å². The summed E-state index contributed by atoms with van der Waals surface area (Å²) in [7, 11) is 0. The van der Waals surface area contributed by atoms with Gasteiger partial charge in [0, 0.05) is 25.7 Å². The fraction of sp³-hybridized carbons (Fsp3) is 1.00. The number of unbranched alkanes of at least 4 members (excludes halogenated alkanes) is 12. The molecular formula is C44H84O11. The van der Waals surface area contributed by atoms with Gasteiger partial charge in [0.1, 0.15) is 36.6 Å². The highest BCUT2D eigenvalue weighted by molar-refractivity contribution is 4.88. The van der Waals surface area contributed by atoms with Crippen LogP contribution in [0.2, 0.25) is 0 Å². The van der Waals surface area contributed by atoms with Crippen LogP contribution in [0.5, 0.6) is 0 Å². The molecule has 0 saturated carbocycles. The second-order valence-electron chi connectivity index (χ2n) is 17.3. The van der Waals surface area contributed by atoms with Gasteiger partial charge in [-0.05, 0) is 53.4 Å². The average Bonchev–Trinajstić information content (AvgIpc) is 4.00. The fourth-order valence-corrected chi connectivity index (χ4v) is 8.02. The third-order valence-corrected chi connectivity index (χ3v) is 11.6. The van der Waals surface area contributed by atoms with Gasteiger partial charge >= 0.3 is 0 Å². The van der Waals surface area contributed by atoms with Gasteiger partial charge in [-0.15, -0.1) is 0 Å². The summed E-state index contributed by atoms with van der Waals surface area (Å²) in [5, 5.41) is 18.3. The zero-order valence-electron chi connectivity index (χ0n) is 36.4. The fourth-order valence-electron chi connectivity index (χ4n) is 8.02. The summed E-state index contributed by atoms with van der Waals surface area (Å²) in [4.78, 5) is 0. The molecule has 0 aromatic carbocycles. The molecule has 11 heteroatoms. The predicted molar refractivity (Wildman–Crippen MR) is 215 cm³/mol. The van der Waals surface area contributed by atoms with E-state index >= 15 is 0 Å². The summed E-state index contributed by atoms with van der Waals surface area (Å²) in [6.45, 7) is 19.7. The van der Waals surface area contributed by atoms with Crippen LogP contribution in [0.25, 0.3) is 0 Å². The number of fused-ring (bicyclic) bond motifs is 1. The monoisotopic (exact) mass is 789 g/mol. The lowest BCUT2D eigenvalue weighted by Gasteiger charge is -2.26. The van der Waals surface area contributed by atoms with Gasteiger partial charge in [0.15, 0.2) is 23.1 Å². The molecule has 55 heavy (non-hydrogen) atoms. The van der Waals surface area contributed by atoms with Crippen molar-refractivity contribution in [1.82, 2.24) is 0 Å². The molecule has 9 unspecified atom stereocenters. The molecular weight excluding hydrogens is 704 g/mol. The van der Waals surface area contributed by atoms with Crippen LogP contribution < -0.4 is 0 Å². The Morgan fingerprint density at radius 1 is 0.436 bits per heavy atom. The second kappa shape index (κ2) is 25.2. The van der Waals surface area contributed by atoms with E-state index < -0.39 is 23.5 Å². The normalized spacial score (nSPS) is 36.0. The van der Waals surface area contributed by atoms with Crippen molar-refractivity contribution in [3.63, 3.8) is 0 Å². The lowest BCUT2D eigenvalue weighted by atomic mass is 10.1. The minimum atomic E-state index is -0.836. The topological polar surface area (TPSA) is 124 Å². The van der Waals surface area contributed by atoms with Gasteiger partial charge in [-0.1, -0.05) is 105 Å². The number of rotatable bonds is 23. The molecule has 0 aliphatic carbocycles. The zero-order chi connectivity index (χ0) is 40.2. The van der Waals surface area contributed by atoms with Crippen LogP contribution in [0.4, 0.5) is 0 Å². The third kappa shape index (κ3) is 17.4. The molecule has 5 saturated heterocycles. The molecule has 0 spiro atoms. The van der Waals surface area contributed by atoms with Gasteiger partial charge in [0.2, 0.25) is 0 Å². The van der Waals surface area contributed by atoms with Crippen LogP contribution in [0.15, 0.2) is 0 Å². The highest BCUT2D eigenvalue weighted by Crippen LogP contribution is 2.38. The third-order valence-electron chi connectivity index (χ3n) is 11.6. The average molecular weight is 789 g/mol. The van der Waals surface area contributed by atoms with E-state index in [4.69, 9.17) is 47.7 Å². The van der Waals surface area contributed by atoms with Crippen LogP contribution in [0.1, 0.15) is 184 Å². The lowest BCUT2D eigenvalue weighted by molar-refractivity contribution is -0.192. The molecule has 0 bridgehead atoms. The van der Waals surface area contributed by atoms with Gasteiger partial charge in [-0.25, -0.2) is 0 Å². The van der Waals surface area contributed by atoms with Gasteiger partial charge in [0.05, 0.1) is 39.6 Å². The van der Waals surface area contributed by atoms with Crippen molar-refractivity contribution in [3.05, 3.63) is 0 Å². The van der Waals surface area contributed by atoms with E-state index in [1.54, 1.807) is 0 Å². The van der Waals surface area contributed by atoms with E-state index in [-0.39, 0.29) is 42.9 Å². The molecule has 5 aliphatic rings. The maximum absolute atomic E-state index is 9.44. The summed E-state index contributed by atoms with van der Waals surface area (Å²) < 4.78 is 52.7. The van der Waals surface area contributed by atoms with Crippen molar-refractivity contribution in [2.75, 3.05) is 39.6 Å². The molecule has 326 valence electrons. The van der Waals surface area contributed by atoms with E-state index in [1.165, 1.54) is 83.5 Å². The van der Waals surface area contributed by atoms with Gasteiger partial charge in [-0.2, -0.15) is 0 Å². The van der Waals surface area contributed by atoms with E-state index in [2.05, 4.69) is 48.5 Å². The molecule has 9 atom stereocenters. The van der Waals surface area contributed by atoms with Crippen molar-refractivity contribution in [2.24, 2.45) is 0 Å². The molecule has 5 heterocycles. The van der Waals surface area contributed by atoms with E-state index in [9.17, 15) is 5.11 Å². The smallest absolute Gasteiger partial charge is 0.166 e. The first-order valence-electron chi connectivity index (χ1n) is 22.5. The van der Waals surface area contributed by atoms with Crippen molar-refractivity contribution in [2.45, 2.75) is 244 Å². The minimum Gasteiger partial charge on any atom is -0.394 e. The first kappa shape index (κ1) is 48.9. The SMILES string of the molecule is CCCCCCC1(C)OC2COCC2O1.CCCCCCC1(C)OCC(C(O)CO)O1.CCCCCCC1(C)OCC(C2COC(C)(CCCCCC)O2)O1. The quantitative estimate of drug-likeness (QED) is 0.0964. The Kier molecular flexibility index (Phi) is 22.5. The van der Waals surface area contributed by atoms with Crippen molar-refractivity contribution in [1.29, 1.82) is 0 Å². The van der Waals surface area contributed by atoms with E-state index in [1.807, 2.05) is 6.92 Å². The molecule has 5 aliphatic heterocycles. The summed E-state index contributed by atoms with van der Waals surface area (Å²) in [6, 6.07) is 0. The van der Waals surface area contributed by atoms with Crippen LogP contribution in [-0.4, -0.2) is 110 Å². The molecule has 11 nitrogen and oxygen atoms in total. The number of ether oxygens (including phenoxy) is 9. The Bertz CT molecular complexity index is 957. The summed E-state index contributed by atoms with van der Waals surface area (Å²) in [6.07, 6.45) is 22.6. The van der Waals surface area contributed by atoms with Crippen LogP contribution >= 0.6 is 0 Å². The maximum atomic E-state index is 9.44. The van der Waals surface area contributed by atoms with Gasteiger partial charge in [-0.3, -0.25) is 0 Å². The molecule has 0 aromatic rings. The Hall–Kier alpha value is -0.440. The van der Waals surface area contributed by atoms with Gasteiger partial charge in [0.25, 0.3) is 0 Å². The number of aliphatic hydroxyl groups is 2. The highest BCUT2D eigenvalue weighted by Gasteiger charge is 2.48. The second-order valence-corrected chi connectivity index (χ2v) is 17.3. The largest absolute Gasteiger partial charge is 0.394 e. The Morgan fingerprint density at radius 3 is 1.15 bits per heavy atom. The highest BCUT2D eigenvalue weighted by atomic mass is 16.8. The number of aliphatic hydroxyl groups excluding tert-OH is 2. The Morgan fingerprint density at radius 2 is 0.764 bits per heavy atom. The molecule has 5 rings (SSSR count). The molecule has 0 amide bonds. The lowest BCUT2D eigenvalue weighted by Crippen LogP contribution is -2.35. The molecule has 5 fully saturated rings. The van der Waals surface area contributed by atoms with E-state index in [0.717, 1.165) is 44.9 Å². The van der Waals surface area contributed by atoms with Gasteiger partial charge < -0.3 is 52.8 Å². The van der Waals surface area contributed by atoms with Crippen molar-refractivity contribution < 1.29 is 52.8 Å². The minimum absolute atomic E-state index is 0.00126. The number of hydrogen-bond acceptors (Lipinski definition) is 11. The first-order chi connectivity index (χ1) is 26.3. The molecule has 2 N–H and O–H groups in total. The zero-order valence-corrected chi connectivity index (χ0v) is 36.4. The summed E-state index contributed by atoms with van der Waals surface area (Å²) in [5.41, 5.74) is 0. The van der Waals surface area contributed by atoms with Crippen molar-refractivity contribution >= 4 is 0 Å². The molecule has 0 aromatic heterocycles. The van der Waals surface area contributed by atoms with E-state index in [0.29, 0.717) is 33.0 Å².